The Morgan fingerprint density at radius 2 is 1.31 bits per heavy atom. The van der Waals surface area contributed by atoms with Crippen LogP contribution in [-0.4, -0.2) is 67.3 Å². The van der Waals surface area contributed by atoms with Gasteiger partial charge in [0, 0.05) is 12.1 Å². The number of aliphatic hydroxyl groups is 1. The number of nitrogens with two attached hydrogens (primary N) is 1. The zero-order valence-corrected chi connectivity index (χ0v) is 11.7. The molecule has 4 heteroatoms. The van der Waals surface area contributed by atoms with Crippen molar-refractivity contribution in [3.05, 3.63) is 0 Å². The van der Waals surface area contributed by atoms with Gasteiger partial charge in [0.2, 0.25) is 0 Å². The Morgan fingerprint density at radius 1 is 1.00 bits per heavy atom. The number of hydrogen-bond acceptors (Lipinski definition) is 4. The molecule has 0 aromatic carbocycles. The van der Waals surface area contributed by atoms with Gasteiger partial charge in [0.25, 0.3) is 0 Å². The van der Waals surface area contributed by atoms with Gasteiger partial charge in [-0.1, -0.05) is 13.8 Å². The summed E-state index contributed by atoms with van der Waals surface area (Å²) in [5, 5.41) is 9.71. The van der Waals surface area contributed by atoms with Crippen LogP contribution in [0.3, 0.4) is 0 Å². The van der Waals surface area contributed by atoms with E-state index in [0.717, 1.165) is 12.8 Å². The molecule has 0 radical (unpaired) electrons. The molecule has 3 N–H and O–H groups in total. The van der Waals surface area contributed by atoms with Gasteiger partial charge in [-0.05, 0) is 41.0 Å². The van der Waals surface area contributed by atoms with E-state index in [9.17, 15) is 5.11 Å². The number of hydrogen-bond donors (Lipinski definition) is 2. The summed E-state index contributed by atoms with van der Waals surface area (Å²) in [6.07, 6.45) is 1.88. The summed E-state index contributed by atoms with van der Waals surface area (Å²) in [5.41, 5.74) is 5.90. The van der Waals surface area contributed by atoms with Crippen molar-refractivity contribution in [2.24, 2.45) is 5.73 Å². The van der Waals surface area contributed by atoms with Crippen molar-refractivity contribution in [1.82, 2.24) is 9.80 Å². The molecule has 0 heterocycles. The van der Waals surface area contributed by atoms with Crippen molar-refractivity contribution in [1.29, 1.82) is 0 Å². The third-order valence-corrected chi connectivity index (χ3v) is 3.53. The Morgan fingerprint density at radius 3 is 1.44 bits per heavy atom. The fourth-order valence-electron chi connectivity index (χ4n) is 2.88. The number of rotatable bonds is 7. The topological polar surface area (TPSA) is 52.7 Å². The quantitative estimate of drug-likeness (QED) is 0.664. The van der Waals surface area contributed by atoms with Crippen molar-refractivity contribution in [3.8, 4) is 0 Å². The lowest BCUT2D eigenvalue weighted by Gasteiger charge is -2.47. The smallest absolute Gasteiger partial charge is 0.0703 e. The Kier molecular flexibility index (Phi) is 6.48. The average molecular weight is 231 g/mol. The predicted octanol–water partition coefficient (Wildman–Crippen LogP) is 0.357. The average Bonchev–Trinajstić information content (AvgIpc) is 2.18. The standard InChI is InChI=1S/C12H29N3O/c1-7-10(14(3)4)12(13,9-16)11(8-2)15(5)6/h10-11,16H,7-9,13H2,1-6H3. The van der Waals surface area contributed by atoms with Crippen LogP contribution in [0, 0.1) is 0 Å². The maximum atomic E-state index is 9.71. The number of nitrogens with zero attached hydrogens (tertiary/aromatic N) is 2. The third kappa shape index (κ3) is 3.17. The molecule has 0 aromatic heterocycles. The molecule has 0 saturated carbocycles. The van der Waals surface area contributed by atoms with Crippen molar-refractivity contribution in [3.63, 3.8) is 0 Å². The first-order chi connectivity index (χ1) is 7.34. The zero-order chi connectivity index (χ0) is 12.9. The van der Waals surface area contributed by atoms with E-state index in [1.807, 2.05) is 28.2 Å². The molecule has 98 valence electrons. The van der Waals surface area contributed by atoms with Gasteiger partial charge in [0.15, 0.2) is 0 Å². The van der Waals surface area contributed by atoms with Gasteiger partial charge in [0.1, 0.15) is 0 Å². The van der Waals surface area contributed by atoms with Gasteiger partial charge < -0.3 is 20.6 Å². The van der Waals surface area contributed by atoms with Gasteiger partial charge >= 0.3 is 0 Å². The molecule has 0 aromatic rings. The van der Waals surface area contributed by atoms with E-state index in [-0.39, 0.29) is 18.7 Å². The van der Waals surface area contributed by atoms with Crippen molar-refractivity contribution >= 4 is 0 Å². The summed E-state index contributed by atoms with van der Waals surface area (Å²) in [4.78, 5) is 4.23. The molecule has 0 aliphatic carbocycles. The van der Waals surface area contributed by atoms with Crippen LogP contribution in [0.4, 0.5) is 0 Å². The molecule has 2 atom stereocenters. The summed E-state index contributed by atoms with van der Waals surface area (Å²) in [6, 6.07) is 0.370. The van der Waals surface area contributed by atoms with Crippen LogP contribution >= 0.6 is 0 Å². The Labute approximate surface area is 100 Å². The third-order valence-electron chi connectivity index (χ3n) is 3.53. The van der Waals surface area contributed by atoms with Gasteiger partial charge in [-0.15, -0.1) is 0 Å². The van der Waals surface area contributed by atoms with Gasteiger partial charge in [-0.25, -0.2) is 0 Å². The lowest BCUT2D eigenvalue weighted by molar-refractivity contribution is 0.0341. The van der Waals surface area contributed by atoms with Gasteiger partial charge in [-0.2, -0.15) is 0 Å². The predicted molar refractivity (Wildman–Crippen MR) is 69.5 cm³/mol. The Hall–Kier alpha value is -0.160. The first-order valence-electron chi connectivity index (χ1n) is 6.07. The summed E-state index contributed by atoms with van der Waals surface area (Å²) < 4.78 is 0. The molecule has 2 unspecified atom stereocenters. The Balaban J connectivity index is 5.12. The molecule has 0 amide bonds. The lowest BCUT2D eigenvalue weighted by Crippen LogP contribution is -2.68. The minimum absolute atomic E-state index is 0.0143. The van der Waals surface area contributed by atoms with Crippen LogP contribution in [0.25, 0.3) is 0 Å². The van der Waals surface area contributed by atoms with Crippen molar-refractivity contribution in [2.75, 3.05) is 34.8 Å². The molecular weight excluding hydrogens is 202 g/mol. The summed E-state index contributed by atoms with van der Waals surface area (Å²) in [6.45, 7) is 4.25. The maximum absolute atomic E-state index is 9.71. The molecule has 0 spiro atoms. The van der Waals surface area contributed by atoms with E-state index < -0.39 is 5.54 Å². The lowest BCUT2D eigenvalue weighted by atomic mass is 9.80. The second-order valence-electron chi connectivity index (χ2n) is 5.05. The number of aliphatic hydroxyl groups excluding tert-OH is 1. The van der Waals surface area contributed by atoms with E-state index >= 15 is 0 Å². The molecule has 0 saturated heterocycles. The molecular formula is C12H29N3O. The minimum atomic E-state index is -0.573. The highest BCUT2D eigenvalue weighted by molar-refractivity contribution is 5.03. The van der Waals surface area contributed by atoms with Crippen LogP contribution in [0.2, 0.25) is 0 Å². The molecule has 0 fully saturated rings. The minimum Gasteiger partial charge on any atom is -0.394 e. The summed E-state index contributed by atoms with van der Waals surface area (Å²) >= 11 is 0. The van der Waals surface area contributed by atoms with Crippen LogP contribution in [0.1, 0.15) is 26.7 Å². The van der Waals surface area contributed by atoms with Crippen molar-refractivity contribution in [2.45, 2.75) is 44.3 Å². The highest BCUT2D eigenvalue weighted by atomic mass is 16.3. The van der Waals surface area contributed by atoms with E-state index in [0.29, 0.717) is 0 Å². The Bertz CT molecular complexity index is 179. The molecule has 0 aliphatic heterocycles. The maximum Gasteiger partial charge on any atom is 0.0703 e. The molecule has 0 rings (SSSR count). The first-order valence-corrected chi connectivity index (χ1v) is 6.07. The molecule has 0 bridgehead atoms. The summed E-state index contributed by atoms with van der Waals surface area (Å²) in [5.74, 6) is 0. The summed E-state index contributed by atoms with van der Waals surface area (Å²) in [7, 11) is 8.09. The first kappa shape index (κ1) is 15.8. The molecule has 4 nitrogen and oxygen atoms in total. The SMILES string of the molecule is CCC(N(C)C)C(N)(CO)C(CC)N(C)C. The van der Waals surface area contributed by atoms with Gasteiger partial charge in [0.05, 0.1) is 12.1 Å². The largest absolute Gasteiger partial charge is 0.394 e. The van der Waals surface area contributed by atoms with E-state index in [1.165, 1.54) is 0 Å². The van der Waals surface area contributed by atoms with Crippen molar-refractivity contribution < 1.29 is 5.11 Å². The van der Waals surface area contributed by atoms with Gasteiger partial charge in [-0.3, -0.25) is 0 Å². The van der Waals surface area contributed by atoms with Crippen LogP contribution in [-0.2, 0) is 0 Å². The van der Waals surface area contributed by atoms with Crippen LogP contribution in [0.15, 0.2) is 0 Å². The second-order valence-corrected chi connectivity index (χ2v) is 5.05. The van der Waals surface area contributed by atoms with E-state index in [4.69, 9.17) is 5.73 Å². The second kappa shape index (κ2) is 6.55. The fourth-order valence-corrected chi connectivity index (χ4v) is 2.88. The number of likely N-dealkylation sites (N-methyl/N-ethyl adjacent to an activating group) is 2. The van der Waals surface area contributed by atoms with Crippen LogP contribution in [0.5, 0.6) is 0 Å². The van der Waals surface area contributed by atoms with Crippen LogP contribution < -0.4 is 5.73 Å². The molecule has 0 aliphatic rings. The fraction of sp³-hybridized carbons (Fsp3) is 1.00. The zero-order valence-electron chi connectivity index (χ0n) is 11.7. The normalized spacial score (nSPS) is 19.9. The highest BCUT2D eigenvalue weighted by Gasteiger charge is 2.42. The van der Waals surface area contributed by atoms with E-state index in [2.05, 4.69) is 23.6 Å². The van der Waals surface area contributed by atoms with E-state index in [1.54, 1.807) is 0 Å². The molecule has 16 heavy (non-hydrogen) atoms. The monoisotopic (exact) mass is 231 g/mol. The highest BCUT2D eigenvalue weighted by Crippen LogP contribution is 2.23.